The maximum absolute atomic E-state index is 13.2. The number of pyridine rings is 1. The molecule has 1 unspecified atom stereocenters. The topological polar surface area (TPSA) is 51.7 Å². The Labute approximate surface area is 168 Å². The summed E-state index contributed by atoms with van der Waals surface area (Å²) in [6.07, 6.45) is -0.220. The van der Waals surface area contributed by atoms with Crippen molar-refractivity contribution >= 4 is 28.4 Å². The molecule has 2 heterocycles. The molecule has 6 heteroatoms. The lowest BCUT2D eigenvalue weighted by atomic mass is 10.1. The Morgan fingerprint density at radius 3 is 2.79 bits per heavy atom. The number of carbonyl (C=O) groups excluding carboxylic acids is 1. The third kappa shape index (κ3) is 3.62. The Morgan fingerprint density at radius 1 is 1.21 bits per heavy atom. The van der Waals surface area contributed by atoms with Gasteiger partial charge < -0.3 is 14.4 Å². The number of amides is 1. The SMILES string of the molecule is CCN(CC1COc2ccccc2O1)C(=O)c1cc2cc(Cl)ccc2nc1C. The molecule has 0 fully saturated rings. The predicted molar refractivity (Wildman–Crippen MR) is 109 cm³/mol. The number of hydrogen-bond acceptors (Lipinski definition) is 4. The number of nitrogens with zero attached hydrogens (tertiary/aromatic N) is 2. The van der Waals surface area contributed by atoms with Crippen LogP contribution in [0.15, 0.2) is 48.5 Å². The monoisotopic (exact) mass is 396 g/mol. The van der Waals surface area contributed by atoms with Gasteiger partial charge in [-0.2, -0.15) is 0 Å². The van der Waals surface area contributed by atoms with Crippen molar-refractivity contribution in [3.8, 4) is 11.5 Å². The number of carbonyl (C=O) groups is 1. The molecule has 1 aliphatic rings. The van der Waals surface area contributed by atoms with Gasteiger partial charge >= 0.3 is 0 Å². The van der Waals surface area contributed by atoms with Crippen LogP contribution in [0.4, 0.5) is 0 Å². The maximum Gasteiger partial charge on any atom is 0.255 e. The first kappa shape index (κ1) is 18.6. The van der Waals surface area contributed by atoms with E-state index in [0.717, 1.165) is 16.7 Å². The average molecular weight is 397 g/mol. The largest absolute Gasteiger partial charge is 0.486 e. The molecular formula is C22H21ClN2O3. The van der Waals surface area contributed by atoms with Crippen LogP contribution in [-0.4, -0.2) is 41.6 Å². The molecule has 0 spiro atoms. The van der Waals surface area contributed by atoms with Gasteiger partial charge in [0.25, 0.3) is 5.91 Å². The molecule has 1 aromatic heterocycles. The number of para-hydroxylation sites is 2. The molecule has 3 aromatic rings. The zero-order valence-electron chi connectivity index (χ0n) is 15.8. The molecule has 2 aromatic carbocycles. The molecule has 144 valence electrons. The molecule has 0 radical (unpaired) electrons. The second kappa shape index (κ2) is 7.68. The molecule has 1 atom stereocenters. The standard InChI is InChI=1S/C22H21ClN2O3/c1-3-25(12-17-13-27-20-6-4-5-7-21(20)28-17)22(26)18-11-15-10-16(23)8-9-19(15)24-14(18)2/h4-11,17H,3,12-13H2,1-2H3. The highest BCUT2D eigenvalue weighted by molar-refractivity contribution is 6.31. The second-order valence-electron chi connectivity index (χ2n) is 6.80. The molecule has 0 N–H and O–H groups in total. The van der Waals surface area contributed by atoms with Crippen molar-refractivity contribution in [2.45, 2.75) is 20.0 Å². The van der Waals surface area contributed by atoms with Gasteiger partial charge in [0.05, 0.1) is 23.3 Å². The van der Waals surface area contributed by atoms with Gasteiger partial charge in [-0.25, -0.2) is 0 Å². The summed E-state index contributed by atoms with van der Waals surface area (Å²) in [5.41, 5.74) is 2.10. The van der Waals surface area contributed by atoms with Gasteiger partial charge in [-0.3, -0.25) is 9.78 Å². The van der Waals surface area contributed by atoms with Gasteiger partial charge in [0.1, 0.15) is 6.61 Å². The maximum atomic E-state index is 13.2. The van der Waals surface area contributed by atoms with E-state index in [4.69, 9.17) is 21.1 Å². The van der Waals surface area contributed by atoms with E-state index in [1.807, 2.05) is 56.3 Å². The van der Waals surface area contributed by atoms with Gasteiger partial charge in [0.15, 0.2) is 17.6 Å². The van der Waals surface area contributed by atoms with Crippen molar-refractivity contribution in [1.82, 2.24) is 9.88 Å². The van der Waals surface area contributed by atoms with Crippen molar-refractivity contribution in [1.29, 1.82) is 0 Å². The van der Waals surface area contributed by atoms with E-state index in [1.165, 1.54) is 0 Å². The van der Waals surface area contributed by atoms with Crippen LogP contribution in [0.25, 0.3) is 10.9 Å². The molecule has 5 nitrogen and oxygen atoms in total. The number of ether oxygens (including phenoxy) is 2. The lowest BCUT2D eigenvalue weighted by Gasteiger charge is -2.31. The van der Waals surface area contributed by atoms with Crippen molar-refractivity contribution in [2.24, 2.45) is 0 Å². The fourth-order valence-electron chi connectivity index (χ4n) is 3.38. The lowest BCUT2D eigenvalue weighted by Crippen LogP contribution is -2.43. The summed E-state index contributed by atoms with van der Waals surface area (Å²) in [4.78, 5) is 19.5. The van der Waals surface area contributed by atoms with Crippen molar-refractivity contribution in [2.75, 3.05) is 19.7 Å². The van der Waals surface area contributed by atoms with Crippen LogP contribution in [0.1, 0.15) is 23.0 Å². The average Bonchev–Trinajstić information content (AvgIpc) is 2.71. The number of halogens is 1. The summed E-state index contributed by atoms with van der Waals surface area (Å²) >= 11 is 6.10. The van der Waals surface area contributed by atoms with Crippen LogP contribution in [0.5, 0.6) is 11.5 Å². The van der Waals surface area contributed by atoms with Crippen LogP contribution >= 0.6 is 11.6 Å². The van der Waals surface area contributed by atoms with Crippen LogP contribution in [0, 0.1) is 6.92 Å². The van der Waals surface area contributed by atoms with E-state index in [9.17, 15) is 4.79 Å². The van der Waals surface area contributed by atoms with E-state index in [1.54, 1.807) is 11.0 Å². The summed E-state index contributed by atoms with van der Waals surface area (Å²) in [6, 6.07) is 14.9. The minimum Gasteiger partial charge on any atom is -0.486 e. The molecule has 0 saturated carbocycles. The highest BCUT2D eigenvalue weighted by Gasteiger charge is 2.26. The van der Waals surface area contributed by atoms with Gasteiger partial charge in [0, 0.05) is 17.0 Å². The molecule has 28 heavy (non-hydrogen) atoms. The van der Waals surface area contributed by atoms with Gasteiger partial charge in [-0.05, 0) is 50.2 Å². The van der Waals surface area contributed by atoms with Gasteiger partial charge in [-0.15, -0.1) is 0 Å². The molecule has 1 amide bonds. The fourth-order valence-corrected chi connectivity index (χ4v) is 3.57. The summed E-state index contributed by atoms with van der Waals surface area (Å²) in [5, 5.41) is 1.47. The highest BCUT2D eigenvalue weighted by Crippen LogP contribution is 2.31. The van der Waals surface area contributed by atoms with Crippen molar-refractivity contribution in [3.63, 3.8) is 0 Å². The quantitative estimate of drug-likeness (QED) is 0.651. The van der Waals surface area contributed by atoms with Crippen LogP contribution in [0.2, 0.25) is 5.02 Å². The van der Waals surface area contributed by atoms with Crippen LogP contribution in [0.3, 0.4) is 0 Å². The summed E-state index contributed by atoms with van der Waals surface area (Å²) < 4.78 is 11.8. The Morgan fingerprint density at radius 2 is 2.00 bits per heavy atom. The number of rotatable bonds is 4. The van der Waals surface area contributed by atoms with Gasteiger partial charge in [-0.1, -0.05) is 23.7 Å². The number of aryl methyl sites for hydroxylation is 1. The summed E-state index contributed by atoms with van der Waals surface area (Å²) in [7, 11) is 0. The third-order valence-corrected chi connectivity index (χ3v) is 5.09. The zero-order chi connectivity index (χ0) is 19.7. The third-order valence-electron chi connectivity index (χ3n) is 4.86. The number of benzene rings is 2. The van der Waals surface area contributed by atoms with E-state index in [0.29, 0.717) is 41.7 Å². The Hall–Kier alpha value is -2.79. The van der Waals surface area contributed by atoms with E-state index < -0.39 is 0 Å². The normalized spacial score (nSPS) is 15.5. The molecule has 1 aliphatic heterocycles. The first-order valence-corrected chi connectivity index (χ1v) is 9.67. The predicted octanol–water partition coefficient (Wildman–Crippen LogP) is 4.50. The van der Waals surface area contributed by atoms with E-state index >= 15 is 0 Å². The molecular weight excluding hydrogens is 376 g/mol. The first-order chi connectivity index (χ1) is 13.5. The number of aromatic nitrogens is 1. The lowest BCUT2D eigenvalue weighted by molar-refractivity contribution is 0.0474. The second-order valence-corrected chi connectivity index (χ2v) is 7.24. The first-order valence-electron chi connectivity index (χ1n) is 9.30. The van der Waals surface area contributed by atoms with Crippen LogP contribution < -0.4 is 9.47 Å². The van der Waals surface area contributed by atoms with Crippen molar-refractivity contribution in [3.05, 3.63) is 64.8 Å². The smallest absolute Gasteiger partial charge is 0.255 e. The van der Waals surface area contributed by atoms with Gasteiger partial charge in [0.2, 0.25) is 0 Å². The number of fused-ring (bicyclic) bond motifs is 2. The number of hydrogen-bond donors (Lipinski definition) is 0. The zero-order valence-corrected chi connectivity index (χ0v) is 16.6. The van der Waals surface area contributed by atoms with Crippen LogP contribution in [-0.2, 0) is 0 Å². The minimum atomic E-state index is -0.220. The molecule has 4 rings (SSSR count). The Bertz CT molecular complexity index is 1040. The van der Waals surface area contributed by atoms with Crippen molar-refractivity contribution < 1.29 is 14.3 Å². The minimum absolute atomic E-state index is 0.0724. The van der Waals surface area contributed by atoms with E-state index in [2.05, 4.69) is 4.98 Å². The summed E-state index contributed by atoms with van der Waals surface area (Å²) in [5.74, 6) is 1.37. The molecule has 0 aliphatic carbocycles. The Kier molecular flexibility index (Phi) is 5.09. The fraction of sp³-hybridized carbons (Fsp3) is 0.273. The molecule has 0 saturated heterocycles. The van der Waals surface area contributed by atoms with E-state index in [-0.39, 0.29) is 12.0 Å². The highest BCUT2D eigenvalue weighted by atomic mass is 35.5. The number of likely N-dealkylation sites (N-methyl/N-ethyl adjacent to an activating group) is 1. The summed E-state index contributed by atoms with van der Waals surface area (Å²) in [6.45, 7) is 5.22. The Balaban J connectivity index is 1.56. The molecule has 0 bridgehead atoms.